The molecule has 216 valence electrons. The average Bonchev–Trinajstić information content (AvgIpc) is 3.24. The maximum Gasteiger partial charge on any atom is 0.410 e. The third-order valence-electron chi connectivity index (χ3n) is 6.63. The van der Waals surface area contributed by atoms with Gasteiger partial charge < -0.3 is 19.5 Å². The number of amides is 1. The van der Waals surface area contributed by atoms with Gasteiger partial charge in [0, 0.05) is 20.1 Å². The molecule has 1 heterocycles. The lowest BCUT2D eigenvalue weighted by molar-refractivity contribution is 0.0242. The number of hydrogen-bond acceptors (Lipinski definition) is 8. The van der Waals surface area contributed by atoms with Gasteiger partial charge in [0.05, 0.1) is 35.7 Å². The number of ether oxygens (including phenoxy) is 2. The number of rotatable bonds is 12. The van der Waals surface area contributed by atoms with Crippen LogP contribution in [0.2, 0.25) is 0 Å². The van der Waals surface area contributed by atoms with Gasteiger partial charge in [0.15, 0.2) is 9.84 Å². The van der Waals surface area contributed by atoms with Gasteiger partial charge in [-0.05, 0) is 48.6 Å². The van der Waals surface area contributed by atoms with Crippen molar-refractivity contribution in [3.05, 3.63) is 60.2 Å². The molecule has 3 rings (SSSR count). The minimum absolute atomic E-state index is 0.0372. The smallest absolute Gasteiger partial charge is 0.410 e. The molecule has 0 radical (unpaired) electrons. The number of sulfone groups is 1. The number of aliphatic hydroxyl groups excluding tert-OH is 1. The van der Waals surface area contributed by atoms with Crippen molar-refractivity contribution in [3.8, 4) is 5.75 Å². The summed E-state index contributed by atoms with van der Waals surface area (Å²) < 4.78 is 62.6. The fourth-order valence-corrected chi connectivity index (χ4v) is 7.72. The first-order valence-electron chi connectivity index (χ1n) is 12.8. The molecule has 0 aromatic heterocycles. The highest BCUT2D eigenvalue weighted by Gasteiger charge is 2.36. The molecule has 2 aromatic rings. The number of carbonyl (C=O) groups is 1. The molecular formula is C27H38N2O8S2. The van der Waals surface area contributed by atoms with Crippen molar-refractivity contribution in [1.82, 2.24) is 9.21 Å². The second kappa shape index (κ2) is 13.1. The van der Waals surface area contributed by atoms with Crippen molar-refractivity contribution >= 4 is 26.0 Å². The number of likely N-dealkylation sites (N-methyl/N-ethyl adjacent to an activating group) is 1. The Balaban J connectivity index is 1.86. The molecule has 1 aliphatic rings. The van der Waals surface area contributed by atoms with E-state index in [0.717, 1.165) is 5.56 Å². The van der Waals surface area contributed by atoms with Crippen molar-refractivity contribution < 1.29 is 36.2 Å². The second-order valence-corrected chi connectivity index (χ2v) is 14.4. The Morgan fingerprint density at radius 2 is 1.72 bits per heavy atom. The first-order valence-corrected chi connectivity index (χ1v) is 16.1. The molecule has 1 saturated heterocycles. The van der Waals surface area contributed by atoms with Crippen LogP contribution in [0.25, 0.3) is 0 Å². The van der Waals surface area contributed by atoms with E-state index in [1.807, 2.05) is 44.2 Å². The SMILES string of the molecule is COc1ccc(S(=O)(=O)N(CC(C)C)CC(O)C(Cc2ccccc2)N(C)C(=O)OC2CCS(=O)(=O)C2)cc1. The molecule has 1 aliphatic heterocycles. The summed E-state index contributed by atoms with van der Waals surface area (Å²) in [4.78, 5) is 14.3. The third kappa shape index (κ3) is 8.41. The summed E-state index contributed by atoms with van der Waals surface area (Å²) in [6.45, 7) is 3.64. The number of benzene rings is 2. The van der Waals surface area contributed by atoms with Crippen molar-refractivity contribution in [2.45, 2.75) is 49.8 Å². The van der Waals surface area contributed by atoms with Crippen LogP contribution in [0.15, 0.2) is 59.5 Å². The maximum absolute atomic E-state index is 13.6. The summed E-state index contributed by atoms with van der Waals surface area (Å²) in [6, 6.07) is 14.4. The molecule has 12 heteroatoms. The molecule has 3 unspecified atom stereocenters. The fourth-order valence-electron chi connectivity index (χ4n) is 4.51. The van der Waals surface area contributed by atoms with E-state index >= 15 is 0 Å². The molecule has 0 spiro atoms. The zero-order valence-electron chi connectivity index (χ0n) is 22.8. The van der Waals surface area contributed by atoms with E-state index in [4.69, 9.17) is 9.47 Å². The van der Waals surface area contributed by atoms with Crippen LogP contribution in [-0.2, 0) is 31.0 Å². The lowest BCUT2D eigenvalue weighted by atomic mass is 10.00. The van der Waals surface area contributed by atoms with E-state index in [-0.39, 0.29) is 48.3 Å². The molecule has 0 saturated carbocycles. The van der Waals surface area contributed by atoms with Crippen LogP contribution >= 0.6 is 0 Å². The molecule has 1 fully saturated rings. The number of nitrogens with zero attached hydrogens (tertiary/aromatic N) is 2. The average molecular weight is 583 g/mol. The highest BCUT2D eigenvalue weighted by atomic mass is 32.2. The maximum atomic E-state index is 13.6. The number of sulfonamides is 1. The number of methoxy groups -OCH3 is 1. The number of hydrogen-bond donors (Lipinski definition) is 1. The molecule has 2 aromatic carbocycles. The van der Waals surface area contributed by atoms with E-state index in [2.05, 4.69) is 0 Å². The first kappa shape index (κ1) is 30.9. The quantitative estimate of drug-likeness (QED) is 0.404. The van der Waals surface area contributed by atoms with E-state index in [1.54, 1.807) is 12.1 Å². The van der Waals surface area contributed by atoms with Crippen molar-refractivity contribution in [2.75, 3.05) is 38.8 Å². The monoisotopic (exact) mass is 582 g/mol. The van der Waals surface area contributed by atoms with Gasteiger partial charge in [-0.15, -0.1) is 0 Å². The Morgan fingerprint density at radius 3 is 2.26 bits per heavy atom. The number of aliphatic hydroxyl groups is 1. The van der Waals surface area contributed by atoms with Crippen molar-refractivity contribution in [2.24, 2.45) is 5.92 Å². The predicted octanol–water partition coefficient (Wildman–Crippen LogP) is 2.57. The molecule has 3 atom stereocenters. The Labute approximate surface area is 231 Å². The van der Waals surface area contributed by atoms with E-state index in [9.17, 15) is 26.7 Å². The summed E-state index contributed by atoms with van der Waals surface area (Å²) >= 11 is 0. The summed E-state index contributed by atoms with van der Waals surface area (Å²) in [7, 11) is -4.28. The highest BCUT2D eigenvalue weighted by Crippen LogP contribution is 2.23. The van der Waals surface area contributed by atoms with Gasteiger partial charge >= 0.3 is 6.09 Å². The molecule has 10 nitrogen and oxygen atoms in total. The standard InChI is InChI=1S/C27H38N2O8S2/c1-20(2)17-29(39(34,35)24-12-10-22(36-4)11-13-24)18-26(30)25(16-21-8-6-5-7-9-21)28(3)27(31)37-23-14-15-38(32,33)19-23/h5-13,20,23,25-26,30H,14-19H2,1-4H3. The summed E-state index contributed by atoms with van der Waals surface area (Å²) in [5.74, 6) is 0.200. The first-order chi connectivity index (χ1) is 18.3. The second-order valence-electron chi connectivity index (χ2n) is 10.2. The molecule has 0 bridgehead atoms. The van der Waals surface area contributed by atoms with Crippen LogP contribution in [0.3, 0.4) is 0 Å². The minimum Gasteiger partial charge on any atom is -0.497 e. The van der Waals surface area contributed by atoms with Crippen LogP contribution < -0.4 is 4.74 Å². The van der Waals surface area contributed by atoms with Gasteiger partial charge in [0.2, 0.25) is 10.0 Å². The fraction of sp³-hybridized carbons (Fsp3) is 0.519. The van der Waals surface area contributed by atoms with Crippen LogP contribution in [0.1, 0.15) is 25.8 Å². The van der Waals surface area contributed by atoms with Crippen LogP contribution in [0.4, 0.5) is 4.79 Å². The lowest BCUT2D eigenvalue weighted by Crippen LogP contribution is -2.52. The zero-order valence-corrected chi connectivity index (χ0v) is 24.4. The number of carbonyl (C=O) groups excluding carboxylic acids is 1. The van der Waals surface area contributed by atoms with Crippen molar-refractivity contribution in [3.63, 3.8) is 0 Å². The van der Waals surface area contributed by atoms with Gasteiger partial charge in [-0.1, -0.05) is 44.2 Å². The van der Waals surface area contributed by atoms with Crippen LogP contribution in [0.5, 0.6) is 5.75 Å². The Kier molecular flexibility index (Phi) is 10.4. The lowest BCUT2D eigenvalue weighted by Gasteiger charge is -2.35. The Morgan fingerprint density at radius 1 is 1.08 bits per heavy atom. The normalized spacial score (nSPS) is 18.6. The third-order valence-corrected chi connectivity index (χ3v) is 10.2. The van der Waals surface area contributed by atoms with Gasteiger partial charge in [0.1, 0.15) is 11.9 Å². The predicted molar refractivity (Wildman–Crippen MR) is 148 cm³/mol. The Bertz CT molecular complexity index is 1300. The van der Waals surface area contributed by atoms with E-state index < -0.39 is 44.2 Å². The van der Waals surface area contributed by atoms with Gasteiger partial charge in [-0.3, -0.25) is 0 Å². The largest absolute Gasteiger partial charge is 0.497 e. The van der Waals surface area contributed by atoms with E-state index in [1.165, 1.54) is 35.5 Å². The molecule has 1 amide bonds. The minimum atomic E-state index is -3.98. The molecule has 0 aliphatic carbocycles. The van der Waals surface area contributed by atoms with Crippen LogP contribution in [0, 0.1) is 5.92 Å². The molecular weight excluding hydrogens is 544 g/mol. The summed E-state index contributed by atoms with van der Waals surface area (Å²) in [5, 5.41) is 11.4. The van der Waals surface area contributed by atoms with Gasteiger partial charge in [-0.25, -0.2) is 21.6 Å². The highest BCUT2D eigenvalue weighted by molar-refractivity contribution is 7.91. The van der Waals surface area contributed by atoms with Crippen molar-refractivity contribution in [1.29, 1.82) is 0 Å². The van der Waals surface area contributed by atoms with Gasteiger partial charge in [0.25, 0.3) is 0 Å². The molecule has 1 N–H and O–H groups in total. The van der Waals surface area contributed by atoms with Gasteiger partial charge in [-0.2, -0.15) is 4.31 Å². The topological polar surface area (TPSA) is 131 Å². The van der Waals surface area contributed by atoms with Crippen LogP contribution in [-0.4, -0.2) is 94.2 Å². The Hall–Kier alpha value is -2.67. The summed E-state index contributed by atoms with van der Waals surface area (Å²) in [6.07, 6.45) is -2.36. The summed E-state index contributed by atoms with van der Waals surface area (Å²) in [5.41, 5.74) is 0.832. The zero-order chi connectivity index (χ0) is 28.8. The van der Waals surface area contributed by atoms with E-state index in [0.29, 0.717) is 5.75 Å². The molecule has 39 heavy (non-hydrogen) atoms.